The Morgan fingerprint density at radius 3 is 2.87 bits per heavy atom. The fourth-order valence-electron chi connectivity index (χ4n) is 1.79. The number of hydrogen-bond acceptors (Lipinski definition) is 1. The van der Waals surface area contributed by atoms with Gasteiger partial charge in [-0.05, 0) is 30.1 Å². The Morgan fingerprint density at radius 1 is 1.53 bits per heavy atom. The lowest BCUT2D eigenvalue weighted by molar-refractivity contribution is -0.138. The molecule has 0 saturated heterocycles. The van der Waals surface area contributed by atoms with Gasteiger partial charge in [0.1, 0.15) is 0 Å². The van der Waals surface area contributed by atoms with Gasteiger partial charge < -0.3 is 5.11 Å². The van der Waals surface area contributed by atoms with Crippen LogP contribution in [0.5, 0.6) is 0 Å². The van der Waals surface area contributed by atoms with E-state index in [1.807, 2.05) is 6.08 Å². The second-order valence-corrected chi connectivity index (χ2v) is 4.68. The summed E-state index contributed by atoms with van der Waals surface area (Å²) in [6.07, 6.45) is 7.82. The molecule has 1 fully saturated rings. The zero-order valence-corrected chi connectivity index (χ0v) is 9.37. The standard InChI is InChI=1S/C11H10Cl2O2/c12-6-2-1-3-10(13)8(4-6)7-5-9(7)11(14)15/h1-4,7,9-10H,5H2,(H,14,15). The van der Waals surface area contributed by atoms with Crippen molar-refractivity contribution in [1.82, 2.24) is 0 Å². The number of aliphatic carboxylic acids is 1. The van der Waals surface area contributed by atoms with Crippen LogP contribution >= 0.6 is 23.2 Å². The molecule has 0 amide bonds. The van der Waals surface area contributed by atoms with Crippen molar-refractivity contribution in [3.8, 4) is 0 Å². The lowest BCUT2D eigenvalue weighted by atomic mass is 10.1. The maximum absolute atomic E-state index is 10.8. The Bertz CT molecular complexity index is 382. The van der Waals surface area contributed by atoms with Crippen LogP contribution < -0.4 is 0 Å². The number of allylic oxidation sites excluding steroid dienone is 6. The summed E-state index contributed by atoms with van der Waals surface area (Å²) in [6.45, 7) is 0. The molecule has 2 aliphatic carbocycles. The van der Waals surface area contributed by atoms with Crippen LogP contribution in [-0.4, -0.2) is 16.5 Å². The van der Waals surface area contributed by atoms with Crippen LogP contribution in [0.25, 0.3) is 0 Å². The molecule has 0 aromatic rings. The zero-order chi connectivity index (χ0) is 11.0. The second kappa shape index (κ2) is 4.03. The first-order valence-corrected chi connectivity index (χ1v) is 5.53. The lowest BCUT2D eigenvalue weighted by Gasteiger charge is -2.08. The van der Waals surface area contributed by atoms with Gasteiger partial charge in [-0.15, -0.1) is 11.6 Å². The van der Waals surface area contributed by atoms with Gasteiger partial charge in [0.15, 0.2) is 0 Å². The Morgan fingerprint density at radius 2 is 2.27 bits per heavy atom. The molecule has 0 heterocycles. The number of halogens is 2. The second-order valence-electron chi connectivity index (χ2n) is 3.77. The third-order valence-corrected chi connectivity index (χ3v) is 3.33. The molecule has 0 aliphatic heterocycles. The smallest absolute Gasteiger partial charge is 0.307 e. The van der Waals surface area contributed by atoms with Crippen LogP contribution in [0.2, 0.25) is 0 Å². The summed E-state index contributed by atoms with van der Waals surface area (Å²) in [6, 6.07) is 0. The number of carboxylic acid groups (broad SMARTS) is 1. The Hall–Kier alpha value is -0.730. The topological polar surface area (TPSA) is 37.3 Å². The average molecular weight is 245 g/mol. The summed E-state index contributed by atoms with van der Waals surface area (Å²) < 4.78 is 0. The van der Waals surface area contributed by atoms with Crippen LogP contribution in [0.4, 0.5) is 0 Å². The first kappa shape index (κ1) is 10.8. The molecule has 4 heteroatoms. The van der Waals surface area contributed by atoms with Crippen molar-refractivity contribution in [1.29, 1.82) is 0 Å². The fourth-order valence-corrected chi connectivity index (χ4v) is 2.30. The van der Waals surface area contributed by atoms with Gasteiger partial charge in [-0.25, -0.2) is 0 Å². The maximum Gasteiger partial charge on any atom is 0.307 e. The Kier molecular flexibility index (Phi) is 2.89. The highest BCUT2D eigenvalue weighted by atomic mass is 35.5. The van der Waals surface area contributed by atoms with E-state index < -0.39 is 5.97 Å². The van der Waals surface area contributed by atoms with Gasteiger partial charge in [-0.1, -0.05) is 23.8 Å². The molecule has 1 saturated carbocycles. The molecule has 2 aliphatic rings. The van der Waals surface area contributed by atoms with E-state index in [-0.39, 0.29) is 17.2 Å². The molecular formula is C11H10Cl2O2. The molecule has 0 spiro atoms. The number of carbonyl (C=O) groups is 1. The molecular weight excluding hydrogens is 235 g/mol. The summed E-state index contributed by atoms with van der Waals surface area (Å²) in [5.74, 6) is -0.985. The van der Waals surface area contributed by atoms with E-state index in [1.54, 1.807) is 18.2 Å². The molecule has 15 heavy (non-hydrogen) atoms. The third-order valence-electron chi connectivity index (χ3n) is 2.69. The monoisotopic (exact) mass is 244 g/mol. The molecule has 0 radical (unpaired) electrons. The highest BCUT2D eigenvalue weighted by Crippen LogP contribution is 2.47. The van der Waals surface area contributed by atoms with E-state index in [0.29, 0.717) is 11.5 Å². The van der Waals surface area contributed by atoms with E-state index >= 15 is 0 Å². The van der Waals surface area contributed by atoms with E-state index in [0.717, 1.165) is 5.57 Å². The third kappa shape index (κ3) is 2.27. The van der Waals surface area contributed by atoms with Gasteiger partial charge in [0, 0.05) is 5.03 Å². The van der Waals surface area contributed by atoms with Crippen molar-refractivity contribution in [3.63, 3.8) is 0 Å². The average Bonchev–Trinajstić information content (AvgIpc) is 2.92. The summed E-state index contributed by atoms with van der Waals surface area (Å²) >= 11 is 12.0. The first-order chi connectivity index (χ1) is 7.09. The van der Waals surface area contributed by atoms with Crippen molar-refractivity contribution in [2.75, 3.05) is 0 Å². The van der Waals surface area contributed by atoms with Gasteiger partial charge in [0.25, 0.3) is 0 Å². The lowest BCUT2D eigenvalue weighted by Crippen LogP contribution is -2.06. The van der Waals surface area contributed by atoms with Crippen molar-refractivity contribution < 1.29 is 9.90 Å². The van der Waals surface area contributed by atoms with E-state index in [1.165, 1.54) is 0 Å². The number of rotatable bonds is 2. The van der Waals surface area contributed by atoms with Gasteiger partial charge in [-0.3, -0.25) is 4.79 Å². The van der Waals surface area contributed by atoms with E-state index in [4.69, 9.17) is 28.3 Å². The number of alkyl halides is 1. The highest BCUT2D eigenvalue weighted by Gasteiger charge is 2.46. The van der Waals surface area contributed by atoms with Gasteiger partial charge in [-0.2, -0.15) is 0 Å². The SMILES string of the molecule is O=C(O)C1CC1C1=CC(Cl)=CC=CC1Cl. The van der Waals surface area contributed by atoms with Gasteiger partial charge in [0.2, 0.25) is 0 Å². The van der Waals surface area contributed by atoms with Crippen LogP contribution in [0.15, 0.2) is 34.9 Å². The normalized spacial score (nSPS) is 34.1. The first-order valence-electron chi connectivity index (χ1n) is 4.72. The minimum atomic E-state index is -0.752. The van der Waals surface area contributed by atoms with E-state index in [2.05, 4.69) is 0 Å². The van der Waals surface area contributed by atoms with Gasteiger partial charge in [0.05, 0.1) is 11.3 Å². The largest absolute Gasteiger partial charge is 0.481 e. The molecule has 3 atom stereocenters. The predicted molar refractivity (Wildman–Crippen MR) is 60.0 cm³/mol. The zero-order valence-electron chi connectivity index (χ0n) is 7.86. The molecule has 0 aromatic carbocycles. The fraction of sp³-hybridized carbons (Fsp3) is 0.364. The molecule has 3 unspecified atom stereocenters. The van der Waals surface area contributed by atoms with E-state index in [9.17, 15) is 4.79 Å². The quantitative estimate of drug-likeness (QED) is 0.759. The van der Waals surface area contributed by atoms with Crippen LogP contribution in [0.3, 0.4) is 0 Å². The molecule has 2 nitrogen and oxygen atoms in total. The van der Waals surface area contributed by atoms with Crippen LogP contribution in [0.1, 0.15) is 6.42 Å². The van der Waals surface area contributed by atoms with Crippen molar-refractivity contribution in [2.45, 2.75) is 11.8 Å². The summed E-state index contributed by atoms with van der Waals surface area (Å²) in [7, 11) is 0. The van der Waals surface area contributed by atoms with Crippen molar-refractivity contribution in [3.05, 3.63) is 34.9 Å². The number of hydrogen-bond donors (Lipinski definition) is 1. The predicted octanol–water partition coefficient (Wildman–Crippen LogP) is 2.93. The van der Waals surface area contributed by atoms with Gasteiger partial charge >= 0.3 is 5.97 Å². The summed E-state index contributed by atoms with van der Waals surface area (Å²) in [5, 5.41) is 9.19. The Balaban J connectivity index is 2.18. The molecule has 2 rings (SSSR count). The molecule has 1 N–H and O–H groups in total. The highest BCUT2D eigenvalue weighted by molar-refractivity contribution is 6.32. The molecule has 0 bridgehead atoms. The molecule has 0 aromatic heterocycles. The summed E-state index contributed by atoms with van der Waals surface area (Å²) in [4.78, 5) is 10.8. The Labute approximate surface area is 97.9 Å². The summed E-state index contributed by atoms with van der Waals surface area (Å²) in [5.41, 5.74) is 0.916. The number of carboxylic acids is 1. The van der Waals surface area contributed by atoms with Crippen molar-refractivity contribution >= 4 is 29.2 Å². The van der Waals surface area contributed by atoms with Crippen LogP contribution in [-0.2, 0) is 4.79 Å². The minimum absolute atomic E-state index is 0.0508. The van der Waals surface area contributed by atoms with Crippen LogP contribution in [0, 0.1) is 11.8 Å². The molecule has 80 valence electrons. The van der Waals surface area contributed by atoms with Crippen molar-refractivity contribution in [2.24, 2.45) is 11.8 Å². The minimum Gasteiger partial charge on any atom is -0.481 e. The maximum atomic E-state index is 10.8.